The van der Waals surface area contributed by atoms with E-state index < -0.39 is 0 Å². The fourth-order valence-electron chi connectivity index (χ4n) is 1.13. The molecule has 0 saturated carbocycles. The van der Waals surface area contributed by atoms with E-state index in [1.165, 1.54) is 13.3 Å². The van der Waals surface area contributed by atoms with Crippen LogP contribution in [-0.2, 0) is 0 Å². The van der Waals surface area contributed by atoms with Crippen LogP contribution < -0.4 is 20.6 Å². The van der Waals surface area contributed by atoms with Gasteiger partial charge in [0.05, 0.1) is 25.5 Å². The Labute approximate surface area is 110 Å². The molecule has 0 bridgehead atoms. The Bertz CT molecular complexity index is 451. The number of benzene rings is 1. The first kappa shape index (κ1) is 13.5. The van der Waals surface area contributed by atoms with E-state index in [1.807, 2.05) is 0 Å². The molecular weight excluding hydrogens is 262 g/mol. The van der Waals surface area contributed by atoms with Gasteiger partial charge in [-0.05, 0) is 18.3 Å². The van der Waals surface area contributed by atoms with Gasteiger partial charge < -0.3 is 15.2 Å². The summed E-state index contributed by atoms with van der Waals surface area (Å²) in [5.41, 5.74) is 8.32. The highest BCUT2D eigenvalue weighted by Crippen LogP contribution is 2.32. The topological polar surface area (TPSA) is 68.9 Å². The van der Waals surface area contributed by atoms with Crippen molar-refractivity contribution in [3.05, 3.63) is 22.7 Å². The van der Waals surface area contributed by atoms with Crippen LogP contribution in [0.25, 0.3) is 0 Å². The average molecular weight is 274 g/mol. The van der Waals surface area contributed by atoms with Crippen LogP contribution in [0.15, 0.2) is 17.2 Å². The lowest BCUT2D eigenvalue weighted by Gasteiger charge is -2.09. The number of hydrogen-bond acceptors (Lipinski definition) is 4. The van der Waals surface area contributed by atoms with Gasteiger partial charge in [-0.15, -0.1) is 0 Å². The normalized spacial score (nSPS) is 10.3. The lowest BCUT2D eigenvalue weighted by molar-refractivity contribution is 0.355. The highest BCUT2D eigenvalue weighted by atomic mass is 35.5. The molecule has 0 saturated heterocycles. The van der Waals surface area contributed by atoms with Gasteiger partial charge in [0.25, 0.3) is 0 Å². The van der Waals surface area contributed by atoms with E-state index in [2.05, 4.69) is 22.7 Å². The molecule has 0 heterocycles. The highest BCUT2D eigenvalue weighted by molar-refractivity contribution is 7.80. The zero-order chi connectivity index (χ0) is 12.8. The fraction of sp³-hybridized carbons (Fsp3) is 0.200. The molecule has 0 radical (unpaired) electrons. The third-order valence-electron chi connectivity index (χ3n) is 1.88. The monoisotopic (exact) mass is 273 g/mol. The molecule has 7 heteroatoms. The zero-order valence-electron chi connectivity index (χ0n) is 9.36. The SMILES string of the molecule is COc1cc(Cl)c(C=NNC(N)=S)cc1OC. The number of nitrogens with one attached hydrogen (secondary N) is 1. The Balaban J connectivity index is 3.00. The first-order valence-corrected chi connectivity index (χ1v) is 5.37. The molecule has 17 heavy (non-hydrogen) atoms. The molecule has 92 valence electrons. The third kappa shape index (κ3) is 3.76. The van der Waals surface area contributed by atoms with Gasteiger partial charge in [0.2, 0.25) is 0 Å². The number of hydrazone groups is 1. The van der Waals surface area contributed by atoms with Crippen molar-refractivity contribution in [2.45, 2.75) is 0 Å². The number of nitrogens with zero attached hydrogens (tertiary/aromatic N) is 1. The minimum Gasteiger partial charge on any atom is -0.493 e. The maximum Gasteiger partial charge on any atom is 0.184 e. The predicted molar refractivity (Wildman–Crippen MR) is 72.1 cm³/mol. The molecule has 1 aromatic carbocycles. The maximum absolute atomic E-state index is 6.03. The van der Waals surface area contributed by atoms with Crippen molar-refractivity contribution in [3.8, 4) is 11.5 Å². The Morgan fingerprint density at radius 2 is 2.00 bits per heavy atom. The molecule has 0 unspecified atom stereocenters. The Morgan fingerprint density at radius 1 is 1.41 bits per heavy atom. The summed E-state index contributed by atoms with van der Waals surface area (Å²) < 4.78 is 10.2. The van der Waals surface area contributed by atoms with Gasteiger partial charge in [-0.1, -0.05) is 11.6 Å². The second-order valence-electron chi connectivity index (χ2n) is 2.96. The number of rotatable bonds is 4. The van der Waals surface area contributed by atoms with Crippen molar-refractivity contribution in [3.63, 3.8) is 0 Å². The number of thiocarbonyl (C=S) groups is 1. The van der Waals surface area contributed by atoms with Gasteiger partial charge >= 0.3 is 0 Å². The molecule has 3 N–H and O–H groups in total. The summed E-state index contributed by atoms with van der Waals surface area (Å²) in [4.78, 5) is 0. The Hall–Kier alpha value is -1.53. The van der Waals surface area contributed by atoms with E-state index in [4.69, 9.17) is 26.8 Å². The quantitative estimate of drug-likeness (QED) is 0.495. The van der Waals surface area contributed by atoms with Crippen LogP contribution in [0.2, 0.25) is 5.02 Å². The van der Waals surface area contributed by atoms with Crippen LogP contribution in [0, 0.1) is 0 Å². The second kappa shape index (κ2) is 6.27. The fourth-order valence-corrected chi connectivity index (χ4v) is 1.39. The van der Waals surface area contributed by atoms with E-state index in [9.17, 15) is 0 Å². The number of methoxy groups -OCH3 is 2. The number of ether oxygens (including phenoxy) is 2. The van der Waals surface area contributed by atoms with Crippen molar-refractivity contribution in [1.29, 1.82) is 0 Å². The zero-order valence-corrected chi connectivity index (χ0v) is 10.9. The van der Waals surface area contributed by atoms with Gasteiger partial charge in [-0.2, -0.15) is 5.10 Å². The number of hydrogen-bond donors (Lipinski definition) is 2. The van der Waals surface area contributed by atoms with Crippen molar-refractivity contribution in [2.75, 3.05) is 14.2 Å². The van der Waals surface area contributed by atoms with Crippen molar-refractivity contribution >= 4 is 35.1 Å². The van der Waals surface area contributed by atoms with Crippen LogP contribution in [0.1, 0.15) is 5.56 Å². The minimum absolute atomic E-state index is 0.0813. The molecule has 0 amide bonds. The Kier molecular flexibility index (Phi) is 4.99. The molecule has 0 spiro atoms. The van der Waals surface area contributed by atoms with Crippen LogP contribution in [0.3, 0.4) is 0 Å². The minimum atomic E-state index is 0.0813. The standard InChI is InChI=1S/C10H12ClN3O2S/c1-15-8-3-6(5-13-14-10(12)17)7(11)4-9(8)16-2/h3-5H,1-2H3,(H3,12,14,17). The van der Waals surface area contributed by atoms with Gasteiger partial charge in [0.1, 0.15) is 0 Å². The van der Waals surface area contributed by atoms with Gasteiger partial charge in [0.15, 0.2) is 16.6 Å². The molecule has 0 aliphatic rings. The van der Waals surface area contributed by atoms with E-state index in [0.29, 0.717) is 22.1 Å². The molecular formula is C10H12ClN3O2S. The largest absolute Gasteiger partial charge is 0.493 e. The summed E-state index contributed by atoms with van der Waals surface area (Å²) in [5, 5.41) is 4.37. The van der Waals surface area contributed by atoms with Crippen LogP contribution in [0.4, 0.5) is 0 Å². The molecule has 0 aliphatic carbocycles. The third-order valence-corrected chi connectivity index (χ3v) is 2.30. The van der Waals surface area contributed by atoms with Gasteiger partial charge in [-0.3, -0.25) is 5.43 Å². The summed E-state index contributed by atoms with van der Waals surface area (Å²) in [6, 6.07) is 3.34. The summed E-state index contributed by atoms with van der Waals surface area (Å²) >= 11 is 10.6. The smallest absolute Gasteiger partial charge is 0.184 e. The van der Waals surface area contributed by atoms with Crippen molar-refractivity contribution in [1.82, 2.24) is 5.43 Å². The lowest BCUT2D eigenvalue weighted by atomic mass is 10.2. The molecule has 0 atom stereocenters. The van der Waals surface area contributed by atoms with Crippen LogP contribution in [-0.4, -0.2) is 25.5 Å². The molecule has 0 aromatic heterocycles. The second-order valence-corrected chi connectivity index (χ2v) is 3.81. The van der Waals surface area contributed by atoms with Crippen molar-refractivity contribution in [2.24, 2.45) is 10.8 Å². The molecule has 1 aromatic rings. The van der Waals surface area contributed by atoms with Crippen LogP contribution in [0.5, 0.6) is 11.5 Å². The van der Waals surface area contributed by atoms with E-state index in [0.717, 1.165) is 0 Å². The lowest BCUT2D eigenvalue weighted by Crippen LogP contribution is -2.24. The average Bonchev–Trinajstić information content (AvgIpc) is 2.30. The molecule has 5 nitrogen and oxygen atoms in total. The van der Waals surface area contributed by atoms with Crippen LogP contribution >= 0.6 is 23.8 Å². The number of halogens is 1. The Morgan fingerprint density at radius 3 is 2.53 bits per heavy atom. The maximum atomic E-state index is 6.03. The predicted octanol–water partition coefficient (Wildman–Crippen LogP) is 1.52. The molecule has 0 fully saturated rings. The molecule has 1 rings (SSSR count). The summed E-state index contributed by atoms with van der Waals surface area (Å²) in [7, 11) is 3.08. The first-order valence-electron chi connectivity index (χ1n) is 4.58. The highest BCUT2D eigenvalue weighted by Gasteiger charge is 2.08. The summed E-state index contributed by atoms with van der Waals surface area (Å²) in [5.74, 6) is 1.12. The number of nitrogens with two attached hydrogens (primary N) is 1. The summed E-state index contributed by atoms with van der Waals surface area (Å²) in [6.07, 6.45) is 1.49. The van der Waals surface area contributed by atoms with Gasteiger partial charge in [0, 0.05) is 11.6 Å². The van der Waals surface area contributed by atoms with E-state index in [-0.39, 0.29) is 5.11 Å². The van der Waals surface area contributed by atoms with E-state index >= 15 is 0 Å². The first-order chi connectivity index (χ1) is 8.08. The van der Waals surface area contributed by atoms with Crippen molar-refractivity contribution < 1.29 is 9.47 Å². The molecule has 0 aliphatic heterocycles. The van der Waals surface area contributed by atoms with E-state index in [1.54, 1.807) is 19.2 Å². The van der Waals surface area contributed by atoms with Gasteiger partial charge in [-0.25, -0.2) is 0 Å². The summed E-state index contributed by atoms with van der Waals surface area (Å²) in [6.45, 7) is 0.